The van der Waals surface area contributed by atoms with Crippen molar-refractivity contribution in [2.24, 2.45) is 11.1 Å². The topological polar surface area (TPSA) is 64.3 Å². The van der Waals surface area contributed by atoms with Crippen LogP contribution in [-0.2, 0) is 9.53 Å². The van der Waals surface area contributed by atoms with Gasteiger partial charge in [-0.15, -0.1) is 0 Å². The zero-order valence-electron chi connectivity index (χ0n) is 11.8. The summed E-state index contributed by atoms with van der Waals surface area (Å²) in [5.41, 5.74) is 5.95. The summed E-state index contributed by atoms with van der Waals surface area (Å²) in [6.07, 6.45) is 6.08. The van der Waals surface area contributed by atoms with Crippen LogP contribution in [0.5, 0.6) is 0 Å². The van der Waals surface area contributed by atoms with E-state index in [9.17, 15) is 4.79 Å². The Morgan fingerprint density at radius 2 is 2.22 bits per heavy atom. The van der Waals surface area contributed by atoms with E-state index < -0.39 is 0 Å². The first-order chi connectivity index (χ1) is 8.58. The molecule has 0 spiro atoms. The predicted molar refractivity (Wildman–Crippen MR) is 73.3 cm³/mol. The van der Waals surface area contributed by atoms with Crippen molar-refractivity contribution in [2.45, 2.75) is 58.4 Å². The van der Waals surface area contributed by atoms with Crippen LogP contribution in [0.15, 0.2) is 0 Å². The minimum absolute atomic E-state index is 0.103. The number of nitrogens with two attached hydrogens (primary N) is 1. The zero-order valence-corrected chi connectivity index (χ0v) is 11.8. The molecule has 1 unspecified atom stereocenters. The van der Waals surface area contributed by atoms with Gasteiger partial charge in [0.2, 0.25) is 5.91 Å². The van der Waals surface area contributed by atoms with Crippen molar-refractivity contribution in [3.05, 3.63) is 0 Å². The number of carbonyl (C=O) groups is 1. The Kier molecular flexibility index (Phi) is 6.65. The number of carbonyl (C=O) groups excluding carboxylic acids is 1. The molecule has 1 amide bonds. The molecule has 1 aliphatic carbocycles. The van der Waals surface area contributed by atoms with Gasteiger partial charge < -0.3 is 15.8 Å². The van der Waals surface area contributed by atoms with Crippen molar-refractivity contribution >= 4 is 5.91 Å². The van der Waals surface area contributed by atoms with Crippen molar-refractivity contribution in [1.82, 2.24) is 5.32 Å². The van der Waals surface area contributed by atoms with Gasteiger partial charge in [-0.05, 0) is 44.9 Å². The molecule has 0 saturated heterocycles. The van der Waals surface area contributed by atoms with Crippen molar-refractivity contribution < 1.29 is 9.53 Å². The van der Waals surface area contributed by atoms with Crippen molar-refractivity contribution in [3.63, 3.8) is 0 Å². The Bertz CT molecular complexity index is 250. The number of nitrogens with one attached hydrogen (secondary N) is 1. The monoisotopic (exact) mass is 256 g/mol. The van der Waals surface area contributed by atoms with E-state index in [1.165, 1.54) is 19.3 Å². The molecular weight excluding hydrogens is 228 g/mol. The molecule has 1 saturated carbocycles. The Balaban J connectivity index is 2.20. The molecule has 0 aromatic heterocycles. The highest BCUT2D eigenvalue weighted by Gasteiger charge is 2.36. The second-order valence-corrected chi connectivity index (χ2v) is 5.59. The lowest BCUT2D eigenvalue weighted by Crippen LogP contribution is -2.43. The Morgan fingerprint density at radius 1 is 1.50 bits per heavy atom. The van der Waals surface area contributed by atoms with Crippen molar-refractivity contribution in [2.75, 3.05) is 19.8 Å². The summed E-state index contributed by atoms with van der Waals surface area (Å²) in [5.74, 6) is 0.134. The smallest absolute Gasteiger partial charge is 0.220 e. The molecule has 0 heterocycles. The van der Waals surface area contributed by atoms with Crippen LogP contribution in [-0.4, -0.2) is 31.7 Å². The first kappa shape index (κ1) is 15.4. The maximum absolute atomic E-state index is 11.7. The van der Waals surface area contributed by atoms with E-state index >= 15 is 0 Å². The highest BCUT2D eigenvalue weighted by atomic mass is 16.5. The normalized spacial score (nSPS) is 19.1. The van der Waals surface area contributed by atoms with Crippen LogP contribution in [0, 0.1) is 5.41 Å². The third-order valence-corrected chi connectivity index (χ3v) is 3.88. The quantitative estimate of drug-likeness (QED) is 0.619. The third-order valence-electron chi connectivity index (χ3n) is 3.88. The maximum atomic E-state index is 11.7. The Morgan fingerprint density at radius 3 is 2.72 bits per heavy atom. The number of amides is 1. The Labute approximate surface area is 111 Å². The van der Waals surface area contributed by atoms with E-state index in [0.717, 1.165) is 32.6 Å². The van der Waals surface area contributed by atoms with E-state index in [-0.39, 0.29) is 11.9 Å². The third kappa shape index (κ3) is 5.36. The summed E-state index contributed by atoms with van der Waals surface area (Å²) in [4.78, 5) is 11.7. The Hall–Kier alpha value is -0.610. The first-order valence-electron chi connectivity index (χ1n) is 7.18. The maximum Gasteiger partial charge on any atom is 0.220 e. The fourth-order valence-electron chi connectivity index (χ4n) is 2.36. The van der Waals surface area contributed by atoms with Gasteiger partial charge in [-0.25, -0.2) is 0 Å². The van der Waals surface area contributed by atoms with E-state index in [1.807, 2.05) is 13.8 Å². The van der Waals surface area contributed by atoms with Crippen molar-refractivity contribution in [1.29, 1.82) is 0 Å². The molecule has 0 bridgehead atoms. The number of ether oxygens (including phenoxy) is 1. The molecule has 1 atom stereocenters. The summed E-state index contributed by atoms with van der Waals surface area (Å²) in [6, 6.07) is 0.103. The molecule has 18 heavy (non-hydrogen) atoms. The lowest BCUT2D eigenvalue weighted by atomic mass is 9.66. The second kappa shape index (κ2) is 7.74. The van der Waals surface area contributed by atoms with Crippen LogP contribution >= 0.6 is 0 Å². The molecule has 0 aromatic carbocycles. The molecule has 3 N–H and O–H groups in total. The number of hydrogen-bond acceptors (Lipinski definition) is 3. The summed E-state index contributed by atoms with van der Waals surface area (Å²) in [7, 11) is 0. The van der Waals surface area contributed by atoms with Gasteiger partial charge in [0.25, 0.3) is 0 Å². The predicted octanol–water partition coefficient (Wildman–Crippen LogP) is 1.83. The molecule has 0 aliphatic heterocycles. The van der Waals surface area contributed by atoms with Gasteiger partial charge in [-0.3, -0.25) is 4.79 Å². The highest BCUT2D eigenvalue weighted by molar-refractivity contribution is 5.75. The number of rotatable bonds is 9. The van der Waals surface area contributed by atoms with Gasteiger partial charge in [0.15, 0.2) is 0 Å². The van der Waals surface area contributed by atoms with Gasteiger partial charge in [-0.1, -0.05) is 6.42 Å². The molecule has 4 heteroatoms. The minimum Gasteiger partial charge on any atom is -0.382 e. The summed E-state index contributed by atoms with van der Waals surface area (Å²) in [5, 5.41) is 3.06. The average molecular weight is 256 g/mol. The molecule has 1 aliphatic rings. The molecule has 106 valence electrons. The lowest BCUT2D eigenvalue weighted by Gasteiger charge is -2.42. The largest absolute Gasteiger partial charge is 0.382 e. The second-order valence-electron chi connectivity index (χ2n) is 5.59. The van der Waals surface area contributed by atoms with Crippen molar-refractivity contribution in [3.8, 4) is 0 Å². The number of hydrogen-bond donors (Lipinski definition) is 2. The van der Waals surface area contributed by atoms with Gasteiger partial charge in [0.1, 0.15) is 0 Å². The van der Waals surface area contributed by atoms with Gasteiger partial charge in [-0.2, -0.15) is 0 Å². The van der Waals surface area contributed by atoms with Crippen LogP contribution in [0.25, 0.3) is 0 Å². The molecule has 1 rings (SSSR count). The van der Waals surface area contributed by atoms with E-state index in [1.54, 1.807) is 0 Å². The van der Waals surface area contributed by atoms with Crippen LogP contribution in [0.2, 0.25) is 0 Å². The van der Waals surface area contributed by atoms with Crippen LogP contribution in [0.1, 0.15) is 52.4 Å². The van der Waals surface area contributed by atoms with Crippen LogP contribution in [0.4, 0.5) is 0 Å². The average Bonchev–Trinajstić information content (AvgIpc) is 2.29. The van der Waals surface area contributed by atoms with Gasteiger partial charge in [0.05, 0.1) is 0 Å². The van der Waals surface area contributed by atoms with Gasteiger partial charge in [0, 0.05) is 32.2 Å². The van der Waals surface area contributed by atoms with E-state index in [4.69, 9.17) is 10.5 Å². The summed E-state index contributed by atoms with van der Waals surface area (Å²) >= 11 is 0. The SMILES string of the molecule is CCOCCC1(CNC(=O)CCC(C)N)CCC1. The van der Waals surface area contributed by atoms with E-state index in [2.05, 4.69) is 5.32 Å². The van der Waals surface area contributed by atoms with Crippen LogP contribution in [0.3, 0.4) is 0 Å². The molecular formula is C14H28N2O2. The zero-order chi connectivity index (χ0) is 13.4. The fourth-order valence-corrected chi connectivity index (χ4v) is 2.36. The molecule has 0 radical (unpaired) electrons. The minimum atomic E-state index is 0.103. The molecule has 4 nitrogen and oxygen atoms in total. The summed E-state index contributed by atoms with van der Waals surface area (Å²) < 4.78 is 5.42. The van der Waals surface area contributed by atoms with Gasteiger partial charge >= 0.3 is 0 Å². The fraction of sp³-hybridized carbons (Fsp3) is 0.929. The van der Waals surface area contributed by atoms with E-state index in [0.29, 0.717) is 11.8 Å². The standard InChI is InChI=1S/C14H28N2O2/c1-3-18-10-9-14(7-4-8-14)11-16-13(17)6-5-12(2)15/h12H,3-11,15H2,1-2H3,(H,16,17). The summed E-state index contributed by atoms with van der Waals surface area (Å²) in [6.45, 7) is 6.34. The highest BCUT2D eigenvalue weighted by Crippen LogP contribution is 2.43. The van der Waals surface area contributed by atoms with Crippen LogP contribution < -0.4 is 11.1 Å². The first-order valence-corrected chi connectivity index (χ1v) is 7.18. The molecule has 0 aromatic rings. The molecule has 1 fully saturated rings. The lowest BCUT2D eigenvalue weighted by molar-refractivity contribution is -0.122.